The molecule has 2 rings (SSSR count). The summed E-state index contributed by atoms with van der Waals surface area (Å²) in [4.78, 5) is 9.47. The second-order valence-corrected chi connectivity index (χ2v) is 5.76. The van der Waals surface area contributed by atoms with Gasteiger partial charge in [0, 0.05) is 11.1 Å². The fourth-order valence-corrected chi connectivity index (χ4v) is 2.69. The molecule has 3 N–H and O–H groups in total. The second-order valence-electron chi connectivity index (χ2n) is 3.84. The Bertz CT molecular complexity index is 574. The number of hydrogen-bond donors (Lipinski definition) is 2. The number of rotatable bonds is 3. The number of hydrazine groups is 1. The first kappa shape index (κ1) is 13.3. The van der Waals surface area contributed by atoms with E-state index in [2.05, 4.69) is 63.4 Å². The van der Waals surface area contributed by atoms with Crippen LogP contribution < -0.4 is 11.3 Å². The summed E-state index contributed by atoms with van der Waals surface area (Å²) >= 11 is 5.01. The Morgan fingerprint density at radius 2 is 2.06 bits per heavy atom. The molecule has 18 heavy (non-hydrogen) atoms. The number of hydrogen-bond acceptors (Lipinski definition) is 5. The van der Waals surface area contributed by atoms with E-state index in [0.717, 1.165) is 14.4 Å². The Morgan fingerprint density at radius 1 is 1.28 bits per heavy atom. The van der Waals surface area contributed by atoms with Crippen LogP contribution in [-0.4, -0.2) is 9.97 Å². The van der Waals surface area contributed by atoms with Gasteiger partial charge in [-0.2, -0.15) is 0 Å². The minimum Gasteiger partial charge on any atom is -0.292 e. The summed E-state index contributed by atoms with van der Waals surface area (Å²) in [5.74, 6) is 5.71. The van der Waals surface area contributed by atoms with Crippen molar-refractivity contribution in [3.8, 4) is 0 Å². The number of nitrogens with two attached hydrogens (primary N) is 1. The van der Waals surface area contributed by atoms with E-state index < -0.39 is 0 Å². The van der Waals surface area contributed by atoms with Gasteiger partial charge in [0.1, 0.15) is 5.03 Å². The van der Waals surface area contributed by atoms with Gasteiger partial charge in [-0.15, -0.1) is 0 Å². The Kier molecular flexibility index (Phi) is 4.21. The minimum absolute atomic E-state index is 0.407. The fourth-order valence-electron chi connectivity index (χ4n) is 1.38. The van der Waals surface area contributed by atoms with Crippen molar-refractivity contribution in [1.82, 2.24) is 9.97 Å². The molecule has 1 aromatic carbocycles. The fraction of sp³-hybridized carbons (Fsp3) is 0.167. The van der Waals surface area contributed by atoms with Gasteiger partial charge in [-0.25, -0.2) is 15.8 Å². The van der Waals surface area contributed by atoms with Gasteiger partial charge in [0.15, 0.2) is 0 Å². The van der Waals surface area contributed by atoms with Gasteiger partial charge in [0.05, 0.1) is 4.47 Å². The number of anilines is 1. The zero-order valence-electron chi connectivity index (χ0n) is 10.1. The topological polar surface area (TPSA) is 63.8 Å². The van der Waals surface area contributed by atoms with Gasteiger partial charge < -0.3 is 0 Å². The molecule has 0 atom stereocenters. The molecule has 4 nitrogen and oxygen atoms in total. The molecule has 0 aliphatic carbocycles. The normalized spacial score (nSPS) is 10.4. The molecule has 0 amide bonds. The van der Waals surface area contributed by atoms with Crippen molar-refractivity contribution >= 4 is 33.6 Å². The number of benzene rings is 1. The number of halogens is 1. The predicted molar refractivity (Wildman–Crippen MR) is 77.6 cm³/mol. The molecular formula is C12H13BrN4S. The quantitative estimate of drug-likeness (QED) is 0.515. The van der Waals surface area contributed by atoms with E-state index in [1.54, 1.807) is 18.0 Å². The molecule has 0 bridgehead atoms. The number of aromatic nitrogens is 2. The standard InChI is InChI=1S/C12H13BrN4S/c1-7-3-4-9(5-8(7)2)18-11-10(13)6-15-12(16-11)17-14/h3-6H,14H2,1-2H3,(H,15,16,17). The van der Waals surface area contributed by atoms with Crippen LogP contribution in [-0.2, 0) is 0 Å². The lowest BCUT2D eigenvalue weighted by Gasteiger charge is -2.07. The van der Waals surface area contributed by atoms with Gasteiger partial charge >= 0.3 is 0 Å². The SMILES string of the molecule is Cc1ccc(Sc2nc(NN)ncc2Br)cc1C. The lowest BCUT2D eigenvalue weighted by molar-refractivity contribution is 1.01. The molecule has 2 aromatic rings. The molecular weight excluding hydrogens is 312 g/mol. The van der Waals surface area contributed by atoms with Crippen molar-refractivity contribution in [3.05, 3.63) is 40.0 Å². The van der Waals surface area contributed by atoms with Crippen molar-refractivity contribution in [1.29, 1.82) is 0 Å². The lowest BCUT2D eigenvalue weighted by atomic mass is 10.1. The lowest BCUT2D eigenvalue weighted by Crippen LogP contribution is -2.10. The summed E-state index contributed by atoms with van der Waals surface area (Å²) < 4.78 is 0.852. The highest BCUT2D eigenvalue weighted by atomic mass is 79.9. The smallest absolute Gasteiger partial charge is 0.238 e. The zero-order valence-corrected chi connectivity index (χ0v) is 12.5. The third-order valence-electron chi connectivity index (χ3n) is 2.53. The minimum atomic E-state index is 0.407. The molecule has 0 radical (unpaired) electrons. The van der Waals surface area contributed by atoms with Crippen LogP contribution in [0.4, 0.5) is 5.95 Å². The first-order valence-corrected chi connectivity index (χ1v) is 6.95. The van der Waals surface area contributed by atoms with Crippen LogP contribution in [0.5, 0.6) is 0 Å². The zero-order chi connectivity index (χ0) is 13.1. The summed E-state index contributed by atoms with van der Waals surface area (Å²) in [7, 11) is 0. The molecule has 1 heterocycles. The molecule has 0 saturated carbocycles. The molecule has 0 unspecified atom stereocenters. The van der Waals surface area contributed by atoms with Crippen molar-refractivity contribution in [2.45, 2.75) is 23.8 Å². The van der Waals surface area contributed by atoms with Crippen molar-refractivity contribution in [3.63, 3.8) is 0 Å². The highest BCUT2D eigenvalue weighted by molar-refractivity contribution is 9.10. The molecule has 94 valence electrons. The van der Waals surface area contributed by atoms with Crippen LogP contribution in [0.1, 0.15) is 11.1 Å². The molecule has 0 saturated heterocycles. The van der Waals surface area contributed by atoms with Crippen LogP contribution >= 0.6 is 27.7 Å². The highest BCUT2D eigenvalue weighted by Crippen LogP contribution is 2.32. The third kappa shape index (κ3) is 3.01. The third-order valence-corrected chi connectivity index (χ3v) is 4.37. The number of aryl methyl sites for hydroxylation is 2. The second kappa shape index (κ2) is 5.69. The highest BCUT2D eigenvalue weighted by Gasteiger charge is 2.07. The first-order chi connectivity index (χ1) is 8.60. The van der Waals surface area contributed by atoms with E-state index in [1.807, 2.05) is 0 Å². The first-order valence-electron chi connectivity index (χ1n) is 5.34. The number of nitrogens with one attached hydrogen (secondary N) is 1. The molecule has 0 spiro atoms. The summed E-state index contributed by atoms with van der Waals surface area (Å²) in [6, 6.07) is 6.33. The molecule has 0 fully saturated rings. The number of nitrogen functional groups attached to an aromatic ring is 1. The van der Waals surface area contributed by atoms with Crippen LogP contribution in [0, 0.1) is 13.8 Å². The number of nitrogens with zero attached hydrogens (tertiary/aromatic N) is 2. The van der Waals surface area contributed by atoms with Gasteiger partial charge in [0.25, 0.3) is 0 Å². The Balaban J connectivity index is 2.30. The summed E-state index contributed by atoms with van der Waals surface area (Å²) in [6.07, 6.45) is 1.69. The van der Waals surface area contributed by atoms with Crippen LogP contribution in [0.3, 0.4) is 0 Å². The van der Waals surface area contributed by atoms with Crippen LogP contribution in [0.2, 0.25) is 0 Å². The Morgan fingerprint density at radius 3 is 2.72 bits per heavy atom. The Labute approximate surface area is 119 Å². The van der Waals surface area contributed by atoms with Crippen LogP contribution in [0.25, 0.3) is 0 Å². The molecule has 0 aliphatic rings. The van der Waals surface area contributed by atoms with E-state index in [9.17, 15) is 0 Å². The maximum absolute atomic E-state index is 5.31. The van der Waals surface area contributed by atoms with Gasteiger partial charge in [-0.05, 0) is 53.0 Å². The predicted octanol–water partition coefficient (Wildman–Crippen LogP) is 3.29. The van der Waals surface area contributed by atoms with Crippen LogP contribution in [0.15, 0.2) is 38.8 Å². The van der Waals surface area contributed by atoms with Crippen molar-refractivity contribution in [2.75, 3.05) is 5.43 Å². The summed E-state index contributed by atoms with van der Waals surface area (Å²) in [5.41, 5.74) is 4.99. The maximum Gasteiger partial charge on any atom is 0.238 e. The summed E-state index contributed by atoms with van der Waals surface area (Å²) in [6.45, 7) is 4.20. The van der Waals surface area contributed by atoms with E-state index >= 15 is 0 Å². The molecule has 0 aliphatic heterocycles. The Hall–Kier alpha value is -1.11. The van der Waals surface area contributed by atoms with Gasteiger partial charge in [-0.1, -0.05) is 17.8 Å². The van der Waals surface area contributed by atoms with E-state index in [4.69, 9.17) is 5.84 Å². The molecule has 6 heteroatoms. The average Bonchev–Trinajstić information content (AvgIpc) is 2.36. The maximum atomic E-state index is 5.31. The summed E-state index contributed by atoms with van der Waals surface area (Å²) in [5, 5.41) is 0.834. The van der Waals surface area contributed by atoms with E-state index in [-0.39, 0.29) is 0 Å². The van der Waals surface area contributed by atoms with Gasteiger partial charge in [0.2, 0.25) is 5.95 Å². The van der Waals surface area contributed by atoms with E-state index in [1.165, 1.54) is 11.1 Å². The van der Waals surface area contributed by atoms with E-state index in [0.29, 0.717) is 5.95 Å². The van der Waals surface area contributed by atoms with Crippen molar-refractivity contribution in [2.24, 2.45) is 5.84 Å². The molecule has 1 aromatic heterocycles. The van der Waals surface area contributed by atoms with Crippen molar-refractivity contribution < 1.29 is 0 Å². The largest absolute Gasteiger partial charge is 0.292 e. The monoisotopic (exact) mass is 324 g/mol. The average molecular weight is 325 g/mol. The van der Waals surface area contributed by atoms with Gasteiger partial charge in [-0.3, -0.25) is 5.43 Å².